The summed E-state index contributed by atoms with van der Waals surface area (Å²) in [6.45, 7) is 0. The summed E-state index contributed by atoms with van der Waals surface area (Å²) in [5.74, 6) is 2.05. The smallest absolute Gasteiger partial charge is 0.120 e. The van der Waals surface area contributed by atoms with E-state index in [0.717, 1.165) is 17.7 Å². The van der Waals surface area contributed by atoms with Crippen molar-refractivity contribution in [2.24, 2.45) is 5.92 Å². The van der Waals surface area contributed by atoms with E-state index < -0.39 is 0 Å². The van der Waals surface area contributed by atoms with Gasteiger partial charge in [0.15, 0.2) is 0 Å². The largest absolute Gasteiger partial charge is 0.490 e. The molecule has 6 rings (SSSR count). The minimum Gasteiger partial charge on any atom is -0.490 e. The van der Waals surface area contributed by atoms with E-state index in [4.69, 9.17) is 4.74 Å². The third-order valence-electron chi connectivity index (χ3n) is 7.64. The molecule has 0 N–H and O–H groups in total. The maximum absolute atomic E-state index is 6.12. The zero-order valence-electron chi connectivity index (χ0n) is 13.5. The van der Waals surface area contributed by atoms with E-state index in [2.05, 4.69) is 30.1 Å². The second-order valence-corrected chi connectivity index (χ2v) is 8.66. The molecule has 1 saturated heterocycles. The minimum absolute atomic E-state index is 0.492. The van der Waals surface area contributed by atoms with Gasteiger partial charge in [-0.2, -0.15) is 0 Å². The van der Waals surface area contributed by atoms with Crippen molar-refractivity contribution < 1.29 is 4.74 Å². The van der Waals surface area contributed by atoms with Gasteiger partial charge in [0.25, 0.3) is 0 Å². The van der Waals surface area contributed by atoms with Crippen molar-refractivity contribution in [3.8, 4) is 5.75 Å². The van der Waals surface area contributed by atoms with Crippen LogP contribution in [0.5, 0.6) is 5.75 Å². The first-order valence-electron chi connectivity index (χ1n) is 9.26. The van der Waals surface area contributed by atoms with E-state index >= 15 is 0 Å². The molecule has 2 spiro atoms. The number of piperidine rings is 1. The fourth-order valence-electron chi connectivity index (χ4n) is 6.60. The van der Waals surface area contributed by atoms with Crippen molar-refractivity contribution in [2.75, 3.05) is 7.05 Å². The predicted octanol–water partition coefficient (Wildman–Crippen LogP) is 3.67. The number of benzene rings is 1. The van der Waals surface area contributed by atoms with Gasteiger partial charge in [-0.1, -0.05) is 18.9 Å². The van der Waals surface area contributed by atoms with E-state index in [1.807, 2.05) is 0 Å². The fraction of sp³-hybridized carbons (Fsp3) is 0.700. The van der Waals surface area contributed by atoms with Crippen LogP contribution in [0.1, 0.15) is 56.1 Å². The van der Waals surface area contributed by atoms with Crippen LogP contribution in [0.15, 0.2) is 18.2 Å². The third kappa shape index (κ3) is 1.33. The first-order chi connectivity index (χ1) is 10.7. The molecule has 2 nitrogen and oxygen atoms in total. The first-order valence-corrected chi connectivity index (χ1v) is 9.26. The van der Waals surface area contributed by atoms with Gasteiger partial charge >= 0.3 is 0 Å². The van der Waals surface area contributed by atoms with Crippen LogP contribution < -0.4 is 4.74 Å². The van der Waals surface area contributed by atoms with Crippen LogP contribution in [-0.2, 0) is 11.8 Å². The van der Waals surface area contributed by atoms with Crippen LogP contribution in [0.4, 0.5) is 0 Å². The Morgan fingerprint density at radius 2 is 2.09 bits per heavy atom. The fourth-order valence-corrected chi connectivity index (χ4v) is 6.60. The van der Waals surface area contributed by atoms with Gasteiger partial charge in [0.1, 0.15) is 5.75 Å². The second kappa shape index (κ2) is 3.72. The normalized spacial score (nSPS) is 47.4. The van der Waals surface area contributed by atoms with Gasteiger partial charge in [-0.25, -0.2) is 0 Å². The van der Waals surface area contributed by atoms with Crippen LogP contribution in [0, 0.1) is 5.92 Å². The number of likely N-dealkylation sites (tertiary alicyclic amines) is 1. The van der Waals surface area contributed by atoms with Crippen molar-refractivity contribution >= 4 is 0 Å². The molecule has 2 bridgehead atoms. The van der Waals surface area contributed by atoms with Gasteiger partial charge in [-0.05, 0) is 74.8 Å². The molecule has 2 unspecified atom stereocenters. The summed E-state index contributed by atoms with van der Waals surface area (Å²) in [7, 11) is 2.37. The van der Waals surface area contributed by atoms with E-state index in [-0.39, 0.29) is 0 Å². The van der Waals surface area contributed by atoms with E-state index in [9.17, 15) is 0 Å². The lowest BCUT2D eigenvalue weighted by Gasteiger charge is -2.46. The molecule has 0 amide bonds. The monoisotopic (exact) mass is 295 g/mol. The molecule has 116 valence electrons. The van der Waals surface area contributed by atoms with Gasteiger partial charge in [0.05, 0.1) is 6.10 Å². The molecule has 4 fully saturated rings. The lowest BCUT2D eigenvalue weighted by atomic mass is 9.60. The molecule has 3 saturated carbocycles. The standard InChI is InChI=1S/C20H25NO/c1-21-18-16-4-2-3-9-19(16)12-20(18,21)11-13-5-6-15(10-17(13)19)22-14-7-8-14/h5-6,10,14,16,18H,2-4,7-9,11-12H2,1H3/t16-,18-,19+,20?,21?/m1/s1. The number of rotatable bonds is 2. The average molecular weight is 295 g/mol. The van der Waals surface area contributed by atoms with E-state index in [1.165, 1.54) is 51.4 Å². The molecular formula is C20H25NO. The molecule has 5 aliphatic rings. The van der Waals surface area contributed by atoms with Gasteiger partial charge in [0.2, 0.25) is 0 Å². The maximum Gasteiger partial charge on any atom is 0.120 e. The molecular weight excluding hydrogens is 270 g/mol. The van der Waals surface area contributed by atoms with Crippen molar-refractivity contribution in [2.45, 2.75) is 74.5 Å². The highest BCUT2D eigenvalue weighted by Gasteiger charge is 2.76. The van der Waals surface area contributed by atoms with Crippen LogP contribution in [0.25, 0.3) is 0 Å². The Labute approximate surface area is 132 Å². The molecule has 0 aromatic heterocycles. The minimum atomic E-state index is 0.492. The second-order valence-electron chi connectivity index (χ2n) is 8.66. The average Bonchev–Trinajstić information content (AvgIpc) is 3.40. The van der Waals surface area contributed by atoms with Gasteiger partial charge in [-0.15, -0.1) is 0 Å². The van der Waals surface area contributed by atoms with Gasteiger partial charge in [0, 0.05) is 17.0 Å². The Balaban J connectivity index is 1.49. The van der Waals surface area contributed by atoms with E-state index in [0.29, 0.717) is 17.1 Å². The SMILES string of the molecule is CN1[C@@H]2[C@H]3CCCC[C@]34CC21Cc1ccc(OC2CC2)cc14. The summed E-state index contributed by atoms with van der Waals surface area (Å²) in [4.78, 5) is 2.71. The number of hydrogen-bond acceptors (Lipinski definition) is 2. The topological polar surface area (TPSA) is 12.2 Å². The summed E-state index contributed by atoms with van der Waals surface area (Å²) in [6, 6.07) is 7.96. The Kier molecular flexibility index (Phi) is 2.10. The van der Waals surface area contributed by atoms with Crippen molar-refractivity contribution in [3.63, 3.8) is 0 Å². The van der Waals surface area contributed by atoms with Crippen molar-refractivity contribution in [1.29, 1.82) is 0 Å². The predicted molar refractivity (Wildman–Crippen MR) is 86.3 cm³/mol. The van der Waals surface area contributed by atoms with Crippen LogP contribution in [-0.4, -0.2) is 29.6 Å². The molecule has 1 aromatic rings. The number of fused-ring (bicyclic) bond motifs is 2. The number of ether oxygens (including phenoxy) is 1. The molecule has 1 aliphatic heterocycles. The number of nitrogens with zero attached hydrogens (tertiary/aromatic N) is 1. The Hall–Kier alpha value is -1.02. The first kappa shape index (κ1) is 12.4. The summed E-state index contributed by atoms with van der Waals surface area (Å²) in [5, 5.41) is 0. The quantitative estimate of drug-likeness (QED) is 0.772. The summed E-state index contributed by atoms with van der Waals surface area (Å²) in [6.07, 6.45) is 11.5. The summed E-state index contributed by atoms with van der Waals surface area (Å²) < 4.78 is 6.12. The molecule has 22 heavy (non-hydrogen) atoms. The maximum atomic E-state index is 6.12. The van der Waals surface area contributed by atoms with Crippen LogP contribution in [0.2, 0.25) is 0 Å². The zero-order chi connectivity index (χ0) is 14.5. The summed E-state index contributed by atoms with van der Waals surface area (Å²) in [5.41, 5.74) is 4.34. The van der Waals surface area contributed by atoms with Crippen molar-refractivity contribution in [1.82, 2.24) is 4.90 Å². The lowest BCUT2D eigenvalue weighted by molar-refractivity contribution is 0.148. The van der Waals surface area contributed by atoms with Gasteiger partial charge < -0.3 is 4.74 Å². The highest BCUT2D eigenvalue weighted by Crippen LogP contribution is 2.71. The molecule has 1 aromatic carbocycles. The Morgan fingerprint density at radius 1 is 1.18 bits per heavy atom. The van der Waals surface area contributed by atoms with Crippen LogP contribution in [0.3, 0.4) is 0 Å². The molecule has 4 aliphatic carbocycles. The number of likely N-dealkylation sites (N-methyl/N-ethyl adjacent to an activating group) is 1. The van der Waals surface area contributed by atoms with Crippen molar-refractivity contribution in [3.05, 3.63) is 29.3 Å². The molecule has 5 atom stereocenters. The van der Waals surface area contributed by atoms with Crippen LogP contribution >= 0.6 is 0 Å². The van der Waals surface area contributed by atoms with Gasteiger partial charge in [-0.3, -0.25) is 4.90 Å². The molecule has 2 heteroatoms. The highest BCUT2D eigenvalue weighted by atomic mass is 16.5. The Morgan fingerprint density at radius 3 is 2.95 bits per heavy atom. The summed E-state index contributed by atoms with van der Waals surface area (Å²) >= 11 is 0. The Bertz CT molecular complexity index is 666. The zero-order valence-corrected chi connectivity index (χ0v) is 13.5. The molecule has 0 radical (unpaired) electrons. The highest BCUT2D eigenvalue weighted by molar-refractivity contribution is 5.52. The number of hydrogen-bond donors (Lipinski definition) is 0. The third-order valence-corrected chi connectivity index (χ3v) is 7.64. The lowest BCUT2D eigenvalue weighted by Crippen LogP contribution is -2.44. The molecule has 1 heterocycles. The van der Waals surface area contributed by atoms with E-state index in [1.54, 1.807) is 11.1 Å².